The number of fused-ring (bicyclic) bond motifs is 1. The Morgan fingerprint density at radius 3 is 2.83 bits per heavy atom. The molecule has 94 valence electrons. The van der Waals surface area contributed by atoms with Crippen LogP contribution >= 0.6 is 11.3 Å². The van der Waals surface area contributed by atoms with E-state index >= 15 is 0 Å². The van der Waals surface area contributed by atoms with Crippen molar-refractivity contribution < 1.29 is 5.11 Å². The normalized spacial score (nSPS) is 23.0. The predicted octanol–water partition coefficient (Wildman–Crippen LogP) is 3.52. The highest BCUT2D eigenvalue weighted by Crippen LogP contribution is 2.34. The van der Waals surface area contributed by atoms with Gasteiger partial charge in [-0.2, -0.15) is 0 Å². The molecule has 0 amide bonds. The second-order valence-electron chi connectivity index (χ2n) is 4.90. The molecular formula is C15H17NOS. The maximum atomic E-state index is 10.1. The summed E-state index contributed by atoms with van der Waals surface area (Å²) < 4.78 is 0. The van der Waals surface area contributed by atoms with E-state index < -0.39 is 0 Å². The Hall–Kier alpha value is -1.32. The molecule has 1 aromatic heterocycles. The molecule has 1 aromatic carbocycles. The number of thiophene rings is 1. The summed E-state index contributed by atoms with van der Waals surface area (Å²) >= 11 is 1.81. The van der Waals surface area contributed by atoms with Crippen LogP contribution in [0.1, 0.15) is 27.8 Å². The average molecular weight is 259 g/mol. The van der Waals surface area contributed by atoms with Crippen LogP contribution < -0.4 is 5.32 Å². The van der Waals surface area contributed by atoms with E-state index in [1.165, 1.54) is 15.3 Å². The number of para-hydroxylation sites is 1. The van der Waals surface area contributed by atoms with Gasteiger partial charge < -0.3 is 10.4 Å². The number of nitrogens with one attached hydrogen (secondary N) is 1. The van der Waals surface area contributed by atoms with Crippen molar-refractivity contribution >= 4 is 17.0 Å². The summed E-state index contributed by atoms with van der Waals surface area (Å²) in [7, 11) is 0. The quantitative estimate of drug-likeness (QED) is 0.821. The lowest BCUT2D eigenvalue weighted by Crippen LogP contribution is -2.15. The third-order valence-corrected chi connectivity index (χ3v) is 4.53. The highest BCUT2D eigenvalue weighted by molar-refractivity contribution is 7.12. The molecule has 1 aliphatic heterocycles. The fraction of sp³-hybridized carbons (Fsp3) is 0.333. The van der Waals surface area contributed by atoms with E-state index in [9.17, 15) is 5.11 Å². The number of aliphatic hydroxyl groups is 1. The van der Waals surface area contributed by atoms with Crippen LogP contribution in [0.15, 0.2) is 36.4 Å². The maximum Gasteiger partial charge on any atom is 0.0631 e. The second kappa shape index (κ2) is 4.75. The lowest BCUT2D eigenvalue weighted by molar-refractivity contribution is 0.161. The molecule has 0 saturated carbocycles. The summed E-state index contributed by atoms with van der Waals surface area (Å²) in [5, 5.41) is 13.7. The Labute approximate surface area is 111 Å². The van der Waals surface area contributed by atoms with Crippen LogP contribution in [0.5, 0.6) is 0 Å². The zero-order valence-electron chi connectivity index (χ0n) is 10.4. The lowest BCUT2D eigenvalue weighted by Gasteiger charge is -2.17. The number of anilines is 1. The molecule has 0 saturated heterocycles. The van der Waals surface area contributed by atoms with E-state index in [0.29, 0.717) is 0 Å². The van der Waals surface area contributed by atoms with Crippen molar-refractivity contribution in [3.63, 3.8) is 0 Å². The first-order valence-electron chi connectivity index (χ1n) is 6.31. The van der Waals surface area contributed by atoms with Gasteiger partial charge in [-0.05, 0) is 37.1 Å². The van der Waals surface area contributed by atoms with Gasteiger partial charge in [-0.3, -0.25) is 0 Å². The molecule has 0 fully saturated rings. The molecule has 0 spiro atoms. The number of hydrogen-bond acceptors (Lipinski definition) is 3. The number of aryl methyl sites for hydroxylation is 1. The molecule has 0 radical (unpaired) electrons. The molecule has 2 atom stereocenters. The standard InChI is InChI=1S/C15H17NOS/c1-10-6-7-15(18-10)14-9-12(17)8-11-4-2-3-5-13(11)16-14/h2-7,12,14,16-17H,8-9H2,1H3/t12-,14+/m1/s1. The fourth-order valence-corrected chi connectivity index (χ4v) is 3.46. The molecule has 3 rings (SSSR count). The van der Waals surface area contributed by atoms with Gasteiger partial charge in [0.15, 0.2) is 0 Å². The predicted molar refractivity (Wildman–Crippen MR) is 76.2 cm³/mol. The molecule has 18 heavy (non-hydrogen) atoms. The molecule has 0 unspecified atom stereocenters. The highest BCUT2D eigenvalue weighted by Gasteiger charge is 2.23. The molecule has 1 aliphatic rings. The first kappa shape index (κ1) is 11.8. The second-order valence-corrected chi connectivity index (χ2v) is 6.22. The SMILES string of the molecule is Cc1ccc([C@@H]2C[C@H](O)Cc3ccccc3N2)s1. The van der Waals surface area contributed by atoms with Crippen LogP contribution in [0.25, 0.3) is 0 Å². The van der Waals surface area contributed by atoms with Gasteiger partial charge in [0, 0.05) is 21.9 Å². The number of benzene rings is 1. The van der Waals surface area contributed by atoms with Crippen molar-refractivity contribution in [3.05, 3.63) is 51.7 Å². The zero-order valence-corrected chi connectivity index (χ0v) is 11.2. The first-order chi connectivity index (χ1) is 8.72. The summed E-state index contributed by atoms with van der Waals surface area (Å²) in [6.45, 7) is 2.12. The van der Waals surface area contributed by atoms with Crippen LogP contribution in [0.4, 0.5) is 5.69 Å². The topological polar surface area (TPSA) is 32.3 Å². The molecule has 0 aliphatic carbocycles. The van der Waals surface area contributed by atoms with Crippen LogP contribution in [0, 0.1) is 6.92 Å². The summed E-state index contributed by atoms with van der Waals surface area (Å²) in [4.78, 5) is 2.63. The van der Waals surface area contributed by atoms with Crippen molar-refractivity contribution in [2.75, 3.05) is 5.32 Å². The van der Waals surface area contributed by atoms with Gasteiger partial charge in [0.25, 0.3) is 0 Å². The third-order valence-electron chi connectivity index (χ3n) is 3.42. The number of hydrogen-bond donors (Lipinski definition) is 2. The summed E-state index contributed by atoms with van der Waals surface area (Å²) in [6.07, 6.45) is 1.24. The van der Waals surface area contributed by atoms with Gasteiger partial charge in [-0.25, -0.2) is 0 Å². The molecule has 3 heteroatoms. The molecule has 0 bridgehead atoms. The van der Waals surface area contributed by atoms with Crippen LogP contribution in [-0.2, 0) is 6.42 Å². The first-order valence-corrected chi connectivity index (χ1v) is 7.13. The monoisotopic (exact) mass is 259 g/mol. The van der Waals surface area contributed by atoms with Gasteiger partial charge in [0.05, 0.1) is 12.1 Å². The summed E-state index contributed by atoms with van der Waals surface area (Å²) in [5.41, 5.74) is 2.37. The van der Waals surface area contributed by atoms with Crippen molar-refractivity contribution in [1.82, 2.24) is 0 Å². The molecule has 2 aromatic rings. The van der Waals surface area contributed by atoms with E-state index in [-0.39, 0.29) is 12.1 Å². The maximum absolute atomic E-state index is 10.1. The van der Waals surface area contributed by atoms with Crippen LogP contribution in [-0.4, -0.2) is 11.2 Å². The van der Waals surface area contributed by atoms with E-state index in [0.717, 1.165) is 18.5 Å². The van der Waals surface area contributed by atoms with Crippen LogP contribution in [0.2, 0.25) is 0 Å². The van der Waals surface area contributed by atoms with Gasteiger partial charge in [-0.15, -0.1) is 11.3 Å². The largest absolute Gasteiger partial charge is 0.393 e. The Kier molecular flexibility index (Phi) is 3.10. The Bertz CT molecular complexity index is 549. The minimum atomic E-state index is -0.270. The average Bonchev–Trinajstić information content (AvgIpc) is 2.70. The van der Waals surface area contributed by atoms with E-state index in [4.69, 9.17) is 0 Å². The third kappa shape index (κ3) is 2.28. The Morgan fingerprint density at radius 1 is 1.22 bits per heavy atom. The highest BCUT2D eigenvalue weighted by atomic mass is 32.1. The van der Waals surface area contributed by atoms with Crippen molar-refractivity contribution in [1.29, 1.82) is 0 Å². The molecule has 2 nitrogen and oxygen atoms in total. The Morgan fingerprint density at radius 2 is 2.06 bits per heavy atom. The van der Waals surface area contributed by atoms with E-state index in [2.05, 4.69) is 36.5 Å². The van der Waals surface area contributed by atoms with E-state index in [1.807, 2.05) is 12.1 Å². The van der Waals surface area contributed by atoms with Crippen molar-refractivity contribution in [3.8, 4) is 0 Å². The minimum absolute atomic E-state index is 0.224. The van der Waals surface area contributed by atoms with Gasteiger partial charge in [0.1, 0.15) is 0 Å². The zero-order chi connectivity index (χ0) is 12.5. The minimum Gasteiger partial charge on any atom is -0.393 e. The van der Waals surface area contributed by atoms with Crippen molar-refractivity contribution in [2.45, 2.75) is 31.9 Å². The van der Waals surface area contributed by atoms with Gasteiger partial charge in [0.2, 0.25) is 0 Å². The van der Waals surface area contributed by atoms with Gasteiger partial charge in [-0.1, -0.05) is 18.2 Å². The van der Waals surface area contributed by atoms with Crippen LogP contribution in [0.3, 0.4) is 0 Å². The van der Waals surface area contributed by atoms with Gasteiger partial charge >= 0.3 is 0 Å². The van der Waals surface area contributed by atoms with E-state index in [1.54, 1.807) is 11.3 Å². The smallest absolute Gasteiger partial charge is 0.0631 e. The number of rotatable bonds is 1. The molecule has 2 heterocycles. The fourth-order valence-electron chi connectivity index (χ4n) is 2.52. The summed E-state index contributed by atoms with van der Waals surface area (Å²) in [5.74, 6) is 0. The molecular weight excluding hydrogens is 242 g/mol. The summed E-state index contributed by atoms with van der Waals surface area (Å²) in [6, 6.07) is 12.8. The lowest BCUT2D eigenvalue weighted by atomic mass is 10.0. The Balaban J connectivity index is 1.94. The van der Waals surface area contributed by atoms with Crippen molar-refractivity contribution in [2.24, 2.45) is 0 Å². The molecule has 2 N–H and O–H groups in total. The number of aliphatic hydroxyl groups excluding tert-OH is 1.